The molecule has 0 aromatic carbocycles. The van der Waals surface area contributed by atoms with E-state index in [0.29, 0.717) is 6.04 Å². The van der Waals surface area contributed by atoms with Gasteiger partial charge < -0.3 is 15.6 Å². The number of hydrogen-bond donors (Lipinski definition) is 2. The van der Waals surface area contributed by atoms with Crippen molar-refractivity contribution in [1.82, 2.24) is 0 Å². The van der Waals surface area contributed by atoms with Crippen LogP contribution in [0.15, 0.2) is 5.11 Å². The Morgan fingerprint density at radius 1 is 1.45 bits per heavy atom. The van der Waals surface area contributed by atoms with Crippen LogP contribution < -0.4 is 5.73 Å². The van der Waals surface area contributed by atoms with Crippen molar-refractivity contribution < 1.29 is 14.6 Å². The molecule has 0 amide bonds. The van der Waals surface area contributed by atoms with E-state index in [1.165, 1.54) is 32.1 Å². The minimum absolute atomic E-state index is 0.108. The van der Waals surface area contributed by atoms with Gasteiger partial charge in [0.2, 0.25) is 0 Å². The SMILES string of the molecule is CC(C)(C)OCC(N=[N+]=[N-])C(=O)O.NC1CCCCC1. The summed E-state index contributed by atoms with van der Waals surface area (Å²) in [7, 11) is 0. The van der Waals surface area contributed by atoms with Gasteiger partial charge in [-0.05, 0) is 39.1 Å². The molecule has 116 valence electrons. The Bertz CT molecular complexity index is 327. The second-order valence-corrected chi connectivity index (χ2v) is 5.88. The third kappa shape index (κ3) is 10.6. The molecule has 0 bridgehead atoms. The van der Waals surface area contributed by atoms with Gasteiger partial charge in [-0.1, -0.05) is 24.4 Å². The quantitative estimate of drug-likeness (QED) is 0.468. The third-order valence-electron chi connectivity index (χ3n) is 2.80. The highest BCUT2D eigenvalue weighted by molar-refractivity contribution is 5.73. The number of azide groups is 1. The molecule has 1 atom stereocenters. The molecule has 0 spiro atoms. The van der Waals surface area contributed by atoms with Crippen molar-refractivity contribution in [3.63, 3.8) is 0 Å². The molecule has 7 nitrogen and oxygen atoms in total. The van der Waals surface area contributed by atoms with E-state index >= 15 is 0 Å². The lowest BCUT2D eigenvalue weighted by Crippen LogP contribution is -2.29. The largest absolute Gasteiger partial charge is 0.481 e. The number of carbonyl (C=O) groups is 1. The van der Waals surface area contributed by atoms with Crippen LogP contribution in [0.3, 0.4) is 0 Å². The second kappa shape index (κ2) is 9.58. The molecular weight excluding hydrogens is 260 g/mol. The molecule has 1 aliphatic carbocycles. The first-order valence-corrected chi connectivity index (χ1v) is 6.93. The maximum Gasteiger partial charge on any atom is 0.314 e. The molecule has 20 heavy (non-hydrogen) atoms. The molecule has 1 rings (SSSR count). The zero-order valence-corrected chi connectivity index (χ0v) is 12.6. The van der Waals surface area contributed by atoms with Crippen LogP contribution in [0.4, 0.5) is 0 Å². The number of nitrogens with two attached hydrogens (primary N) is 1. The highest BCUT2D eigenvalue weighted by Gasteiger charge is 2.19. The first-order valence-electron chi connectivity index (χ1n) is 6.93. The normalized spacial score (nSPS) is 17.4. The monoisotopic (exact) mass is 286 g/mol. The number of ether oxygens (including phenoxy) is 1. The summed E-state index contributed by atoms with van der Waals surface area (Å²) in [6, 6.07) is -0.613. The number of carboxylic acids is 1. The lowest BCUT2D eigenvalue weighted by Gasteiger charge is -2.20. The number of hydrogen-bond acceptors (Lipinski definition) is 4. The van der Waals surface area contributed by atoms with Crippen LogP contribution >= 0.6 is 0 Å². The van der Waals surface area contributed by atoms with Gasteiger partial charge in [-0.25, -0.2) is 0 Å². The van der Waals surface area contributed by atoms with Gasteiger partial charge in [0, 0.05) is 11.0 Å². The topological polar surface area (TPSA) is 121 Å². The van der Waals surface area contributed by atoms with Crippen molar-refractivity contribution in [2.45, 2.75) is 70.6 Å². The average molecular weight is 286 g/mol. The Labute approximate surface area is 120 Å². The molecule has 0 saturated heterocycles. The summed E-state index contributed by atoms with van der Waals surface area (Å²) in [5.41, 5.74) is 13.3. The Balaban J connectivity index is 0.000000428. The molecule has 7 heteroatoms. The van der Waals surface area contributed by atoms with Crippen LogP contribution in [0, 0.1) is 0 Å². The molecule has 1 aliphatic rings. The van der Waals surface area contributed by atoms with Gasteiger partial charge in [0.15, 0.2) is 6.04 Å². The van der Waals surface area contributed by atoms with Crippen LogP contribution in [0.2, 0.25) is 0 Å². The summed E-state index contributed by atoms with van der Waals surface area (Å²) >= 11 is 0. The molecular formula is C13H26N4O3. The van der Waals surface area contributed by atoms with Crippen LogP contribution in [0.5, 0.6) is 0 Å². The van der Waals surface area contributed by atoms with Crippen LogP contribution in [0.1, 0.15) is 52.9 Å². The molecule has 1 unspecified atom stereocenters. The van der Waals surface area contributed by atoms with E-state index in [2.05, 4.69) is 10.0 Å². The van der Waals surface area contributed by atoms with Crippen molar-refractivity contribution >= 4 is 5.97 Å². The lowest BCUT2D eigenvalue weighted by atomic mass is 9.97. The summed E-state index contributed by atoms with van der Waals surface area (Å²) in [5.74, 6) is -1.18. The third-order valence-corrected chi connectivity index (χ3v) is 2.80. The fourth-order valence-electron chi connectivity index (χ4n) is 1.68. The first-order chi connectivity index (χ1) is 9.26. The molecule has 1 fully saturated rings. The van der Waals surface area contributed by atoms with Crippen LogP contribution in [-0.2, 0) is 9.53 Å². The molecule has 0 radical (unpaired) electrons. The maximum absolute atomic E-state index is 10.5. The zero-order chi connectivity index (χ0) is 15.6. The minimum atomic E-state index is -1.18. The van der Waals surface area contributed by atoms with Gasteiger partial charge in [-0.15, -0.1) is 0 Å². The van der Waals surface area contributed by atoms with Crippen LogP contribution in [0.25, 0.3) is 10.4 Å². The zero-order valence-electron chi connectivity index (χ0n) is 12.6. The summed E-state index contributed by atoms with van der Waals surface area (Å²) in [6.07, 6.45) is 6.66. The van der Waals surface area contributed by atoms with Gasteiger partial charge in [0.1, 0.15) is 0 Å². The number of rotatable bonds is 4. The molecule has 0 aromatic rings. The van der Waals surface area contributed by atoms with Crippen LogP contribution in [-0.4, -0.2) is 35.4 Å². The van der Waals surface area contributed by atoms with Gasteiger partial charge in [-0.3, -0.25) is 4.79 Å². The standard InChI is InChI=1S/C7H13N3O3.C6H13N/c1-7(2,3)13-4-5(6(11)12)9-10-8;7-6-4-2-1-3-5-6/h5H,4H2,1-3H3,(H,11,12);6H,1-5,7H2. The fraction of sp³-hybridized carbons (Fsp3) is 0.923. The van der Waals surface area contributed by atoms with Crippen molar-refractivity contribution in [3.05, 3.63) is 10.4 Å². The van der Waals surface area contributed by atoms with Crippen molar-refractivity contribution in [2.75, 3.05) is 6.61 Å². The Morgan fingerprint density at radius 2 is 2.00 bits per heavy atom. The first kappa shape index (κ1) is 18.7. The predicted molar refractivity (Wildman–Crippen MR) is 77.3 cm³/mol. The van der Waals surface area contributed by atoms with E-state index in [1.54, 1.807) is 20.8 Å². The summed E-state index contributed by atoms with van der Waals surface area (Å²) in [4.78, 5) is 12.9. The number of nitrogens with zero attached hydrogens (tertiary/aromatic N) is 3. The van der Waals surface area contributed by atoms with E-state index < -0.39 is 17.6 Å². The smallest absolute Gasteiger partial charge is 0.314 e. The summed E-state index contributed by atoms with van der Waals surface area (Å²) in [5, 5.41) is 11.6. The maximum atomic E-state index is 10.5. The van der Waals surface area contributed by atoms with Gasteiger partial charge in [0.25, 0.3) is 0 Å². The summed E-state index contributed by atoms with van der Waals surface area (Å²) in [6.45, 7) is 5.27. The number of carboxylic acid groups (broad SMARTS) is 1. The highest BCUT2D eigenvalue weighted by atomic mass is 16.5. The van der Waals surface area contributed by atoms with Crippen molar-refractivity contribution in [3.8, 4) is 0 Å². The Kier molecular flexibility index (Phi) is 8.96. The Morgan fingerprint density at radius 3 is 2.30 bits per heavy atom. The van der Waals surface area contributed by atoms with Gasteiger partial charge in [0.05, 0.1) is 12.2 Å². The molecule has 0 aliphatic heterocycles. The van der Waals surface area contributed by atoms with E-state index in [1.807, 2.05) is 0 Å². The molecule has 3 N–H and O–H groups in total. The molecule has 0 heterocycles. The van der Waals surface area contributed by atoms with Crippen molar-refractivity contribution in [2.24, 2.45) is 10.8 Å². The van der Waals surface area contributed by atoms with Crippen molar-refractivity contribution in [1.29, 1.82) is 0 Å². The minimum Gasteiger partial charge on any atom is -0.481 e. The summed E-state index contributed by atoms with van der Waals surface area (Å²) < 4.78 is 5.16. The van der Waals surface area contributed by atoms with E-state index in [4.69, 9.17) is 21.1 Å². The Hall–Kier alpha value is -1.30. The highest BCUT2D eigenvalue weighted by Crippen LogP contribution is 2.14. The van der Waals surface area contributed by atoms with Gasteiger partial charge >= 0.3 is 5.97 Å². The average Bonchev–Trinajstić information content (AvgIpc) is 2.34. The van der Waals surface area contributed by atoms with Gasteiger partial charge in [-0.2, -0.15) is 0 Å². The fourth-order valence-corrected chi connectivity index (χ4v) is 1.68. The molecule has 0 aromatic heterocycles. The van der Waals surface area contributed by atoms with E-state index in [-0.39, 0.29) is 6.61 Å². The lowest BCUT2D eigenvalue weighted by molar-refractivity contribution is -0.141. The predicted octanol–water partition coefficient (Wildman–Crippen LogP) is 2.84. The van der Waals surface area contributed by atoms with E-state index in [0.717, 1.165) is 0 Å². The molecule has 1 saturated carbocycles. The van der Waals surface area contributed by atoms with E-state index in [9.17, 15) is 4.79 Å². The second-order valence-electron chi connectivity index (χ2n) is 5.88. The number of aliphatic carboxylic acids is 1.